The van der Waals surface area contributed by atoms with Crippen molar-refractivity contribution >= 4 is 11.8 Å². The molecule has 2 fully saturated rings. The van der Waals surface area contributed by atoms with E-state index in [1.807, 2.05) is 0 Å². The lowest BCUT2D eigenvalue weighted by atomic mass is 9.73. The molecule has 1 saturated heterocycles. The monoisotopic (exact) mass is 249 g/mol. The number of H-pyrrole nitrogens is 1. The van der Waals surface area contributed by atoms with Gasteiger partial charge in [0.15, 0.2) is 5.82 Å². The highest BCUT2D eigenvalue weighted by Gasteiger charge is 2.51. The number of nitrogens with one attached hydrogen (secondary N) is 1. The van der Waals surface area contributed by atoms with Crippen LogP contribution in [0.15, 0.2) is 0 Å². The number of likely N-dealkylation sites (tertiary alicyclic amines) is 1. The number of carbonyl (C=O) groups is 2. The summed E-state index contributed by atoms with van der Waals surface area (Å²) in [4.78, 5) is 25.7. The lowest BCUT2D eigenvalue weighted by Gasteiger charge is -2.30. The van der Waals surface area contributed by atoms with Gasteiger partial charge in [0.25, 0.3) is 0 Å². The van der Waals surface area contributed by atoms with Gasteiger partial charge in [-0.3, -0.25) is 14.5 Å². The van der Waals surface area contributed by atoms with Crippen LogP contribution in [0, 0.1) is 5.41 Å². The van der Waals surface area contributed by atoms with Gasteiger partial charge in [-0.2, -0.15) is 5.21 Å². The van der Waals surface area contributed by atoms with E-state index >= 15 is 0 Å². The summed E-state index contributed by atoms with van der Waals surface area (Å²) < 4.78 is 0. The molecule has 0 aromatic carbocycles. The van der Waals surface area contributed by atoms with Crippen molar-refractivity contribution in [1.82, 2.24) is 25.5 Å². The van der Waals surface area contributed by atoms with Gasteiger partial charge in [-0.15, -0.1) is 10.2 Å². The topological polar surface area (TPSA) is 91.8 Å². The fraction of sp³-hybridized carbons (Fsp3) is 0.727. The quantitative estimate of drug-likeness (QED) is 0.766. The van der Waals surface area contributed by atoms with Crippen molar-refractivity contribution in [1.29, 1.82) is 0 Å². The SMILES string of the molecule is O=C1CC2(CCCCC2)C(=O)N1Cc1nn[nH]n1. The molecule has 96 valence electrons. The molecule has 1 N–H and O–H groups in total. The number of rotatable bonds is 2. The maximum absolute atomic E-state index is 12.4. The molecule has 1 aliphatic heterocycles. The predicted molar refractivity (Wildman–Crippen MR) is 59.9 cm³/mol. The summed E-state index contributed by atoms with van der Waals surface area (Å²) >= 11 is 0. The lowest BCUT2D eigenvalue weighted by molar-refractivity contribution is -0.143. The molecule has 2 aliphatic rings. The van der Waals surface area contributed by atoms with Gasteiger partial charge < -0.3 is 0 Å². The van der Waals surface area contributed by atoms with E-state index in [0.717, 1.165) is 32.1 Å². The van der Waals surface area contributed by atoms with Crippen LogP contribution < -0.4 is 0 Å². The van der Waals surface area contributed by atoms with E-state index < -0.39 is 5.41 Å². The Labute approximate surface area is 104 Å². The van der Waals surface area contributed by atoms with Crippen LogP contribution in [0.5, 0.6) is 0 Å². The maximum atomic E-state index is 12.4. The van der Waals surface area contributed by atoms with E-state index in [0.29, 0.717) is 12.2 Å². The Morgan fingerprint density at radius 2 is 2.00 bits per heavy atom. The summed E-state index contributed by atoms with van der Waals surface area (Å²) in [5, 5.41) is 13.3. The Hall–Kier alpha value is -1.79. The number of aromatic amines is 1. The minimum atomic E-state index is -0.431. The van der Waals surface area contributed by atoms with Gasteiger partial charge in [0.1, 0.15) is 0 Å². The van der Waals surface area contributed by atoms with Gasteiger partial charge in [0.05, 0.1) is 12.0 Å². The maximum Gasteiger partial charge on any atom is 0.236 e. The molecule has 0 unspecified atom stereocenters. The van der Waals surface area contributed by atoms with Crippen LogP contribution in [0.2, 0.25) is 0 Å². The number of carbonyl (C=O) groups excluding carboxylic acids is 2. The number of hydrogen-bond donors (Lipinski definition) is 1. The van der Waals surface area contributed by atoms with Crippen LogP contribution in [0.1, 0.15) is 44.3 Å². The van der Waals surface area contributed by atoms with Crippen molar-refractivity contribution in [3.8, 4) is 0 Å². The second-order valence-corrected chi connectivity index (χ2v) is 5.13. The highest BCUT2D eigenvalue weighted by atomic mass is 16.2. The Morgan fingerprint density at radius 1 is 1.22 bits per heavy atom. The molecule has 7 nitrogen and oxygen atoms in total. The van der Waals surface area contributed by atoms with E-state index in [4.69, 9.17) is 0 Å². The van der Waals surface area contributed by atoms with Crippen molar-refractivity contribution in [3.05, 3.63) is 5.82 Å². The molecule has 3 rings (SSSR count). The molecule has 1 saturated carbocycles. The smallest absolute Gasteiger partial charge is 0.236 e. The minimum absolute atomic E-state index is 0.0444. The average molecular weight is 249 g/mol. The Bertz CT molecular complexity index is 464. The lowest BCUT2D eigenvalue weighted by Crippen LogP contribution is -2.36. The van der Waals surface area contributed by atoms with E-state index in [9.17, 15) is 9.59 Å². The fourth-order valence-corrected chi connectivity index (χ4v) is 3.03. The molecule has 2 amide bonds. The van der Waals surface area contributed by atoms with Crippen LogP contribution in [-0.2, 0) is 16.1 Å². The van der Waals surface area contributed by atoms with Crippen molar-refractivity contribution in [2.24, 2.45) is 5.41 Å². The third-order valence-corrected chi connectivity index (χ3v) is 3.99. The van der Waals surface area contributed by atoms with Crippen molar-refractivity contribution in [3.63, 3.8) is 0 Å². The van der Waals surface area contributed by atoms with Crippen molar-refractivity contribution < 1.29 is 9.59 Å². The molecule has 18 heavy (non-hydrogen) atoms. The molecule has 1 aromatic heterocycles. The number of tetrazole rings is 1. The first-order valence-corrected chi connectivity index (χ1v) is 6.28. The molecule has 2 heterocycles. The molecule has 1 aliphatic carbocycles. The second kappa shape index (κ2) is 4.15. The van der Waals surface area contributed by atoms with Crippen molar-refractivity contribution in [2.75, 3.05) is 0 Å². The van der Waals surface area contributed by atoms with E-state index in [-0.39, 0.29) is 18.4 Å². The third kappa shape index (κ3) is 1.70. The van der Waals surface area contributed by atoms with Gasteiger partial charge in [0.2, 0.25) is 11.8 Å². The molecule has 1 spiro atoms. The Morgan fingerprint density at radius 3 is 2.67 bits per heavy atom. The van der Waals surface area contributed by atoms with Gasteiger partial charge in [-0.1, -0.05) is 24.5 Å². The van der Waals surface area contributed by atoms with Crippen molar-refractivity contribution in [2.45, 2.75) is 45.1 Å². The van der Waals surface area contributed by atoms with E-state index in [1.165, 1.54) is 4.90 Å². The zero-order valence-electron chi connectivity index (χ0n) is 10.1. The zero-order valence-corrected chi connectivity index (χ0v) is 10.1. The first kappa shape index (κ1) is 11.3. The number of amides is 2. The number of nitrogens with zero attached hydrogens (tertiary/aromatic N) is 4. The van der Waals surface area contributed by atoms with Gasteiger partial charge in [-0.05, 0) is 12.8 Å². The third-order valence-electron chi connectivity index (χ3n) is 3.99. The normalized spacial score (nSPS) is 23.0. The van der Waals surface area contributed by atoms with Crippen LogP contribution in [0.3, 0.4) is 0 Å². The second-order valence-electron chi connectivity index (χ2n) is 5.13. The molecular weight excluding hydrogens is 234 g/mol. The van der Waals surface area contributed by atoms with Crippen LogP contribution >= 0.6 is 0 Å². The molecular formula is C11H15N5O2. The average Bonchev–Trinajstić information content (AvgIpc) is 2.95. The molecule has 0 bridgehead atoms. The van der Waals surface area contributed by atoms with Crippen LogP contribution in [-0.4, -0.2) is 37.3 Å². The summed E-state index contributed by atoms with van der Waals surface area (Å²) in [5.41, 5.74) is -0.431. The number of imide groups is 1. The Balaban J connectivity index is 1.80. The molecule has 1 aromatic rings. The highest BCUT2D eigenvalue weighted by Crippen LogP contribution is 2.45. The zero-order chi connectivity index (χ0) is 12.6. The molecule has 0 atom stereocenters. The summed E-state index contributed by atoms with van der Waals surface area (Å²) in [5.74, 6) is 0.230. The highest BCUT2D eigenvalue weighted by molar-refractivity contribution is 6.05. The molecule has 0 radical (unpaired) electrons. The Kier molecular flexibility index (Phi) is 2.61. The van der Waals surface area contributed by atoms with Crippen LogP contribution in [0.4, 0.5) is 0 Å². The minimum Gasteiger partial charge on any atom is -0.274 e. The standard InChI is InChI=1S/C11H15N5O2/c17-9-6-11(4-2-1-3-5-11)10(18)16(9)7-8-12-14-15-13-8/h1-7H2,(H,12,13,14,15). The van der Waals surface area contributed by atoms with E-state index in [1.54, 1.807) is 0 Å². The van der Waals surface area contributed by atoms with Gasteiger partial charge >= 0.3 is 0 Å². The van der Waals surface area contributed by atoms with Gasteiger partial charge in [-0.25, -0.2) is 0 Å². The number of hydrogen-bond acceptors (Lipinski definition) is 5. The fourth-order valence-electron chi connectivity index (χ4n) is 3.03. The largest absolute Gasteiger partial charge is 0.274 e. The first-order valence-electron chi connectivity index (χ1n) is 6.28. The van der Waals surface area contributed by atoms with E-state index in [2.05, 4.69) is 20.6 Å². The van der Waals surface area contributed by atoms with Gasteiger partial charge in [0, 0.05) is 6.42 Å². The summed E-state index contributed by atoms with van der Waals surface area (Å²) in [7, 11) is 0. The number of aromatic nitrogens is 4. The summed E-state index contributed by atoms with van der Waals surface area (Å²) in [6.07, 6.45) is 5.25. The predicted octanol–water partition coefficient (Wildman–Crippen LogP) is 0.409. The summed E-state index contributed by atoms with van der Waals surface area (Å²) in [6.45, 7) is 0.135. The summed E-state index contributed by atoms with van der Waals surface area (Å²) in [6, 6.07) is 0. The first-order chi connectivity index (χ1) is 8.71. The van der Waals surface area contributed by atoms with Crippen LogP contribution in [0.25, 0.3) is 0 Å². The molecule has 7 heteroatoms.